The Bertz CT molecular complexity index is 2700. The second kappa shape index (κ2) is 8.56. The molecule has 9 aromatic rings. The predicted molar refractivity (Wildman–Crippen MR) is 189 cm³/mol. The first-order chi connectivity index (χ1) is 22.3. The van der Waals surface area contributed by atoms with Gasteiger partial charge < -0.3 is 13.7 Å². The van der Waals surface area contributed by atoms with Crippen LogP contribution < -0.4 is 21.5 Å². The van der Waals surface area contributed by atoms with E-state index in [-0.39, 0.29) is 6.71 Å². The fourth-order valence-electron chi connectivity index (χ4n) is 7.89. The number of hydrogen-bond acceptors (Lipinski definition) is 4. The molecule has 45 heavy (non-hydrogen) atoms. The van der Waals surface area contributed by atoms with Crippen LogP contribution in [-0.4, -0.2) is 6.71 Å². The molecule has 208 valence electrons. The quantitative estimate of drug-likeness (QED) is 0.188. The van der Waals surface area contributed by atoms with Gasteiger partial charge in [0.05, 0.1) is 17.0 Å². The van der Waals surface area contributed by atoms with E-state index in [0.29, 0.717) is 0 Å². The third-order valence-corrected chi connectivity index (χ3v) is 11.0. The lowest BCUT2D eigenvalue weighted by Gasteiger charge is -2.33. The van der Waals surface area contributed by atoms with E-state index in [2.05, 4.69) is 120 Å². The van der Waals surface area contributed by atoms with Crippen molar-refractivity contribution in [2.24, 2.45) is 0 Å². The zero-order chi connectivity index (χ0) is 29.2. The first-order valence-electron chi connectivity index (χ1n) is 15.3. The van der Waals surface area contributed by atoms with Crippen molar-refractivity contribution in [2.75, 3.05) is 4.90 Å². The summed E-state index contributed by atoms with van der Waals surface area (Å²) >= 11 is 1.88. The topological polar surface area (TPSA) is 29.5 Å². The Balaban J connectivity index is 1.29. The van der Waals surface area contributed by atoms with Gasteiger partial charge in [-0.2, -0.15) is 0 Å². The average molecular weight is 592 g/mol. The van der Waals surface area contributed by atoms with Gasteiger partial charge in [0.2, 0.25) is 0 Å². The van der Waals surface area contributed by atoms with Crippen LogP contribution in [-0.2, 0) is 0 Å². The Hall–Kier alpha value is -5.52. The van der Waals surface area contributed by atoms with Gasteiger partial charge in [-0.15, -0.1) is 11.3 Å². The first kappa shape index (κ1) is 23.9. The molecule has 5 heterocycles. The molecule has 0 saturated carbocycles. The highest BCUT2D eigenvalue weighted by molar-refractivity contribution is 7.26. The Morgan fingerprint density at radius 2 is 1.31 bits per heavy atom. The monoisotopic (exact) mass is 591 g/mol. The van der Waals surface area contributed by atoms with Crippen LogP contribution in [0.2, 0.25) is 0 Å². The summed E-state index contributed by atoms with van der Waals surface area (Å²) in [5, 5.41) is 4.80. The van der Waals surface area contributed by atoms with Gasteiger partial charge in [0, 0.05) is 36.6 Å². The van der Waals surface area contributed by atoms with Crippen molar-refractivity contribution in [3.63, 3.8) is 0 Å². The molecule has 5 heteroatoms. The van der Waals surface area contributed by atoms with E-state index in [9.17, 15) is 0 Å². The fourth-order valence-corrected chi connectivity index (χ4v) is 9.12. The number of para-hydroxylation sites is 2. The number of rotatable bonds is 2. The van der Waals surface area contributed by atoms with E-state index in [1.165, 1.54) is 59.0 Å². The molecule has 2 aliphatic rings. The number of benzene rings is 6. The molecule has 0 aliphatic carbocycles. The van der Waals surface area contributed by atoms with Crippen LogP contribution in [0.5, 0.6) is 0 Å². The molecule has 0 bridgehead atoms. The van der Waals surface area contributed by atoms with Crippen molar-refractivity contribution >= 4 is 93.8 Å². The number of nitrogens with zero attached hydrogens (tertiary/aromatic N) is 1. The smallest absolute Gasteiger partial charge is 0.294 e. The highest BCUT2D eigenvalue weighted by Crippen LogP contribution is 2.49. The number of hydrogen-bond donors (Lipinski definition) is 0. The Kier molecular flexibility index (Phi) is 4.54. The van der Waals surface area contributed by atoms with Crippen molar-refractivity contribution in [3.05, 3.63) is 134 Å². The van der Waals surface area contributed by atoms with Crippen LogP contribution in [0.3, 0.4) is 0 Å². The van der Waals surface area contributed by atoms with Crippen LogP contribution in [0.25, 0.3) is 64.4 Å². The summed E-state index contributed by atoms with van der Waals surface area (Å²) < 4.78 is 15.6. The Morgan fingerprint density at radius 1 is 0.578 bits per heavy atom. The summed E-state index contributed by atoms with van der Waals surface area (Å²) in [7, 11) is 0. The van der Waals surface area contributed by atoms with Crippen molar-refractivity contribution in [1.82, 2.24) is 0 Å². The SMILES string of the molecule is c1ccc2c(c1)B1c3oc4ccccc4c3N(c3coc4ccccc34)c3cc(-c4cccc5c4sc4ccccc45)cc-2c31. The van der Waals surface area contributed by atoms with Gasteiger partial charge in [0.25, 0.3) is 6.71 Å². The number of anilines is 3. The average Bonchev–Trinajstić information content (AvgIpc) is 3.86. The minimum absolute atomic E-state index is 0.0113. The highest BCUT2D eigenvalue weighted by Gasteiger charge is 2.46. The fraction of sp³-hybridized carbons (Fsp3) is 0. The van der Waals surface area contributed by atoms with Crippen LogP contribution in [0, 0.1) is 0 Å². The molecule has 0 unspecified atom stereocenters. The normalized spacial score (nSPS) is 13.2. The molecule has 2 aliphatic heterocycles. The standard InChI is InChI=1S/C40H22BNO2S/c1-5-16-31-25(10-1)30-20-23(24-14-9-15-27-26-11-4-8-19-36(26)45-39(24)27)21-32-37(30)41(31)40-38(29-13-3-7-18-35(29)44-40)42(32)33-22-43-34-17-6-2-12-28(33)34/h1-22H. The molecule has 0 N–H and O–H groups in total. The molecule has 11 rings (SSSR count). The van der Waals surface area contributed by atoms with E-state index >= 15 is 0 Å². The zero-order valence-electron chi connectivity index (χ0n) is 24.0. The van der Waals surface area contributed by atoms with Gasteiger partial charge in [-0.1, -0.05) is 90.4 Å². The first-order valence-corrected chi connectivity index (χ1v) is 16.1. The summed E-state index contributed by atoms with van der Waals surface area (Å²) in [5.41, 5.74) is 13.6. The van der Waals surface area contributed by atoms with Gasteiger partial charge in [-0.25, -0.2) is 0 Å². The molecule has 6 aromatic carbocycles. The van der Waals surface area contributed by atoms with Gasteiger partial charge >= 0.3 is 0 Å². The van der Waals surface area contributed by atoms with Crippen LogP contribution in [0.4, 0.5) is 17.1 Å². The lowest BCUT2D eigenvalue weighted by atomic mass is 9.39. The van der Waals surface area contributed by atoms with Gasteiger partial charge in [-0.05, 0) is 70.2 Å². The van der Waals surface area contributed by atoms with E-state index < -0.39 is 0 Å². The molecule has 3 nitrogen and oxygen atoms in total. The molecular weight excluding hydrogens is 569 g/mol. The summed E-state index contributed by atoms with van der Waals surface area (Å²) in [6, 6.07) is 45.9. The third kappa shape index (κ3) is 3.06. The Labute approximate surface area is 262 Å². The second-order valence-corrected chi connectivity index (χ2v) is 13.1. The van der Waals surface area contributed by atoms with Crippen molar-refractivity contribution < 1.29 is 8.83 Å². The lowest BCUT2D eigenvalue weighted by Crippen LogP contribution is -2.54. The van der Waals surface area contributed by atoms with E-state index in [1.807, 2.05) is 29.7 Å². The van der Waals surface area contributed by atoms with E-state index in [0.717, 1.165) is 39.0 Å². The van der Waals surface area contributed by atoms with Crippen LogP contribution >= 0.6 is 11.3 Å². The van der Waals surface area contributed by atoms with Gasteiger partial charge in [0.1, 0.15) is 17.4 Å². The summed E-state index contributed by atoms with van der Waals surface area (Å²) in [6.07, 6.45) is 1.91. The molecule has 0 atom stereocenters. The molecule has 0 fully saturated rings. The molecule has 0 amide bonds. The maximum atomic E-state index is 6.82. The summed E-state index contributed by atoms with van der Waals surface area (Å²) in [6.45, 7) is 0.0113. The number of thiophene rings is 1. The van der Waals surface area contributed by atoms with Gasteiger partial charge in [0.15, 0.2) is 0 Å². The largest absolute Gasteiger partial charge is 0.468 e. The molecule has 0 radical (unpaired) electrons. The Morgan fingerprint density at radius 3 is 2.24 bits per heavy atom. The molecule has 3 aromatic heterocycles. The highest BCUT2D eigenvalue weighted by atomic mass is 32.1. The minimum Gasteiger partial charge on any atom is -0.468 e. The molecule has 0 spiro atoms. The third-order valence-electron chi connectivity index (χ3n) is 9.75. The van der Waals surface area contributed by atoms with Crippen LogP contribution in [0.1, 0.15) is 0 Å². The molecular formula is C40H22BNO2S. The van der Waals surface area contributed by atoms with Crippen molar-refractivity contribution in [1.29, 1.82) is 0 Å². The summed E-state index contributed by atoms with van der Waals surface area (Å²) in [4.78, 5) is 2.41. The lowest BCUT2D eigenvalue weighted by molar-refractivity contribution is 0.616. The van der Waals surface area contributed by atoms with Crippen molar-refractivity contribution in [3.8, 4) is 22.3 Å². The minimum atomic E-state index is 0.0113. The van der Waals surface area contributed by atoms with Gasteiger partial charge in [-0.3, -0.25) is 0 Å². The second-order valence-electron chi connectivity index (χ2n) is 12.0. The number of fused-ring (bicyclic) bond motifs is 11. The van der Waals surface area contributed by atoms with E-state index in [4.69, 9.17) is 8.83 Å². The maximum Gasteiger partial charge on any atom is 0.294 e. The predicted octanol–water partition coefficient (Wildman–Crippen LogP) is 9.49. The summed E-state index contributed by atoms with van der Waals surface area (Å²) in [5.74, 6) is 0. The molecule has 0 saturated heterocycles. The van der Waals surface area contributed by atoms with Crippen LogP contribution in [0.15, 0.2) is 142 Å². The van der Waals surface area contributed by atoms with E-state index in [1.54, 1.807) is 0 Å². The zero-order valence-corrected chi connectivity index (χ0v) is 24.8. The van der Waals surface area contributed by atoms with Crippen molar-refractivity contribution in [2.45, 2.75) is 0 Å². The maximum absolute atomic E-state index is 6.82. The number of furan rings is 2.